The van der Waals surface area contributed by atoms with Crippen LogP contribution in [0.4, 0.5) is 18.9 Å². The van der Waals surface area contributed by atoms with Crippen molar-refractivity contribution in [3.63, 3.8) is 0 Å². The summed E-state index contributed by atoms with van der Waals surface area (Å²) in [6.45, 7) is 0.596. The second kappa shape index (κ2) is 8.48. The molecule has 0 saturated heterocycles. The Hall–Kier alpha value is -2.79. The van der Waals surface area contributed by atoms with Crippen LogP contribution in [0.25, 0.3) is 0 Å². The van der Waals surface area contributed by atoms with Gasteiger partial charge in [0.05, 0.1) is 11.3 Å². The highest BCUT2D eigenvalue weighted by Crippen LogP contribution is 2.34. The molecule has 6 nitrogen and oxygen atoms in total. The number of hydrogen-bond acceptors (Lipinski definition) is 4. The molecule has 0 aromatic heterocycles. The molecule has 0 spiro atoms. The second-order valence-electron chi connectivity index (χ2n) is 5.62. The van der Waals surface area contributed by atoms with E-state index in [1.54, 1.807) is 6.07 Å². The van der Waals surface area contributed by atoms with Crippen LogP contribution < -0.4 is 31.0 Å². The predicted octanol–water partition coefficient (Wildman–Crippen LogP) is 3.30. The summed E-state index contributed by atoms with van der Waals surface area (Å²) in [7, 11) is 0. The number of rotatable bonds is 3. The Labute approximate surface area is 169 Å². The maximum Gasteiger partial charge on any atom is 0.418 e. The Morgan fingerprint density at radius 3 is 2.46 bits per heavy atom. The van der Waals surface area contributed by atoms with E-state index in [0.717, 1.165) is 11.6 Å². The molecule has 1 aliphatic rings. The van der Waals surface area contributed by atoms with E-state index < -0.39 is 11.7 Å². The van der Waals surface area contributed by atoms with Gasteiger partial charge in [0.1, 0.15) is 0 Å². The van der Waals surface area contributed by atoms with E-state index in [-0.39, 0.29) is 22.7 Å². The number of para-hydroxylation sites is 1. The second-order valence-corrected chi connectivity index (χ2v) is 6.43. The number of benzene rings is 2. The fraction of sp³-hybridized carbons (Fsp3) is 0.176. The summed E-state index contributed by atoms with van der Waals surface area (Å²) in [5.41, 5.74) is 5.09. The highest BCUT2D eigenvalue weighted by atomic mass is 32.1. The van der Waals surface area contributed by atoms with E-state index in [9.17, 15) is 13.2 Å². The predicted molar refractivity (Wildman–Crippen MR) is 106 cm³/mol. The van der Waals surface area contributed by atoms with Crippen LogP contribution in [0, 0.1) is 0 Å². The zero-order valence-electron chi connectivity index (χ0n) is 14.2. The summed E-state index contributed by atoms with van der Waals surface area (Å²) >= 11 is 10.1. The van der Waals surface area contributed by atoms with Crippen molar-refractivity contribution >= 4 is 40.3 Å². The lowest BCUT2D eigenvalue weighted by Gasteiger charge is -2.17. The van der Waals surface area contributed by atoms with Crippen LogP contribution in [-0.2, 0) is 12.7 Å². The van der Waals surface area contributed by atoms with Gasteiger partial charge < -0.3 is 20.1 Å². The van der Waals surface area contributed by atoms with Gasteiger partial charge in [-0.1, -0.05) is 18.2 Å². The molecular formula is C17H15F3N4O2S2. The van der Waals surface area contributed by atoms with Crippen LogP contribution in [0.2, 0.25) is 0 Å². The Kier molecular flexibility index (Phi) is 6.05. The number of fused-ring (bicyclic) bond motifs is 1. The van der Waals surface area contributed by atoms with Crippen molar-refractivity contribution in [3.05, 3.63) is 53.6 Å². The third-order valence-electron chi connectivity index (χ3n) is 3.66. The molecular weight excluding hydrogens is 413 g/mol. The minimum atomic E-state index is -4.49. The largest absolute Gasteiger partial charge is 0.454 e. The van der Waals surface area contributed by atoms with Crippen molar-refractivity contribution < 1.29 is 22.6 Å². The molecule has 148 valence electrons. The zero-order valence-corrected chi connectivity index (χ0v) is 15.9. The van der Waals surface area contributed by atoms with Crippen LogP contribution in [0.15, 0.2) is 42.5 Å². The third-order valence-corrected chi connectivity index (χ3v) is 4.11. The Bertz CT molecular complexity index is 893. The summed E-state index contributed by atoms with van der Waals surface area (Å²) in [5, 5.41) is 5.58. The zero-order chi connectivity index (χ0) is 20.1. The van der Waals surface area contributed by atoms with Crippen LogP contribution in [-0.4, -0.2) is 17.0 Å². The molecule has 2 aromatic carbocycles. The average molecular weight is 428 g/mol. The lowest BCUT2D eigenvalue weighted by Crippen LogP contribution is -2.48. The minimum Gasteiger partial charge on any atom is -0.454 e. The van der Waals surface area contributed by atoms with Gasteiger partial charge in [0.2, 0.25) is 6.79 Å². The van der Waals surface area contributed by atoms with Crippen molar-refractivity contribution in [3.8, 4) is 11.5 Å². The van der Waals surface area contributed by atoms with E-state index in [4.69, 9.17) is 33.9 Å². The first-order valence-corrected chi connectivity index (χ1v) is 8.80. The molecule has 0 amide bonds. The van der Waals surface area contributed by atoms with Gasteiger partial charge in [-0.05, 0) is 54.3 Å². The number of hydrazine groups is 1. The van der Waals surface area contributed by atoms with E-state index in [0.29, 0.717) is 18.0 Å². The van der Waals surface area contributed by atoms with E-state index in [1.807, 2.05) is 12.1 Å². The molecule has 0 atom stereocenters. The Morgan fingerprint density at radius 2 is 1.68 bits per heavy atom. The lowest BCUT2D eigenvalue weighted by molar-refractivity contribution is -0.136. The molecule has 28 heavy (non-hydrogen) atoms. The summed E-state index contributed by atoms with van der Waals surface area (Å²) < 4.78 is 49.5. The van der Waals surface area contributed by atoms with E-state index in [1.165, 1.54) is 18.2 Å². The maximum absolute atomic E-state index is 13.0. The number of hydrogen-bond donors (Lipinski definition) is 4. The fourth-order valence-corrected chi connectivity index (χ4v) is 2.67. The number of ether oxygens (including phenoxy) is 2. The van der Waals surface area contributed by atoms with E-state index in [2.05, 4.69) is 21.5 Å². The van der Waals surface area contributed by atoms with Gasteiger partial charge in [0, 0.05) is 6.54 Å². The van der Waals surface area contributed by atoms with Crippen LogP contribution >= 0.6 is 24.4 Å². The Balaban J connectivity index is 1.47. The van der Waals surface area contributed by atoms with Gasteiger partial charge in [0.25, 0.3) is 0 Å². The molecule has 0 unspecified atom stereocenters. The molecule has 2 aromatic rings. The first-order valence-electron chi connectivity index (χ1n) is 7.98. The molecule has 0 aliphatic carbocycles. The van der Waals surface area contributed by atoms with Crippen molar-refractivity contribution in [1.82, 2.24) is 16.2 Å². The molecule has 0 radical (unpaired) electrons. The highest BCUT2D eigenvalue weighted by molar-refractivity contribution is 7.80. The van der Waals surface area contributed by atoms with Crippen LogP contribution in [0.1, 0.15) is 11.1 Å². The molecule has 0 saturated carbocycles. The summed E-state index contributed by atoms with van der Waals surface area (Å²) in [6.07, 6.45) is -4.49. The standard InChI is InChI=1S/C17H15F3N4O2S2/c18-17(19,20)11-3-1-2-4-12(11)22-16(28)24-23-15(27)21-8-10-5-6-13-14(7-10)26-9-25-13/h1-7H,8-9H2,(H2,21,23,27)(H2,22,24,28). The summed E-state index contributed by atoms with van der Waals surface area (Å²) in [4.78, 5) is 0. The number of halogens is 3. The van der Waals surface area contributed by atoms with Crippen molar-refractivity contribution in [1.29, 1.82) is 0 Å². The van der Waals surface area contributed by atoms with Gasteiger partial charge in [-0.3, -0.25) is 10.9 Å². The smallest absolute Gasteiger partial charge is 0.418 e. The third kappa shape index (κ3) is 5.14. The highest BCUT2D eigenvalue weighted by Gasteiger charge is 2.33. The van der Waals surface area contributed by atoms with Crippen LogP contribution in [0.5, 0.6) is 11.5 Å². The molecule has 1 aliphatic heterocycles. The molecule has 0 bridgehead atoms. The minimum absolute atomic E-state index is 0.0658. The van der Waals surface area contributed by atoms with Gasteiger partial charge in [-0.25, -0.2) is 0 Å². The number of alkyl halides is 3. The monoisotopic (exact) mass is 428 g/mol. The van der Waals surface area contributed by atoms with Crippen molar-refractivity contribution in [2.45, 2.75) is 12.7 Å². The molecule has 3 rings (SSSR count). The topological polar surface area (TPSA) is 66.6 Å². The van der Waals surface area contributed by atoms with Gasteiger partial charge in [-0.15, -0.1) is 0 Å². The average Bonchev–Trinajstić information content (AvgIpc) is 3.12. The van der Waals surface area contributed by atoms with Gasteiger partial charge in [0.15, 0.2) is 21.7 Å². The fourth-order valence-electron chi connectivity index (χ4n) is 2.38. The van der Waals surface area contributed by atoms with Crippen molar-refractivity contribution in [2.24, 2.45) is 0 Å². The molecule has 0 fully saturated rings. The number of thiocarbonyl (C=S) groups is 2. The quantitative estimate of drug-likeness (QED) is 0.439. The first kappa shape index (κ1) is 20.0. The molecule has 1 heterocycles. The first-order chi connectivity index (χ1) is 13.3. The van der Waals surface area contributed by atoms with E-state index >= 15 is 0 Å². The van der Waals surface area contributed by atoms with Crippen molar-refractivity contribution in [2.75, 3.05) is 12.1 Å². The number of nitrogens with one attached hydrogen (secondary N) is 4. The summed E-state index contributed by atoms with van der Waals surface area (Å²) in [6, 6.07) is 10.5. The SMILES string of the molecule is FC(F)(F)c1ccccc1NC(=S)NNC(=S)NCc1ccc2c(c1)OCO2. The molecule has 11 heteroatoms. The van der Waals surface area contributed by atoms with Crippen LogP contribution in [0.3, 0.4) is 0 Å². The molecule has 4 N–H and O–H groups in total. The maximum atomic E-state index is 13.0. The lowest BCUT2D eigenvalue weighted by atomic mass is 10.2. The normalized spacial score (nSPS) is 12.2. The Morgan fingerprint density at radius 1 is 0.964 bits per heavy atom. The summed E-state index contributed by atoms with van der Waals surface area (Å²) in [5.74, 6) is 1.34. The van der Waals surface area contributed by atoms with Gasteiger partial charge >= 0.3 is 6.18 Å². The number of anilines is 1. The van der Waals surface area contributed by atoms with Gasteiger partial charge in [-0.2, -0.15) is 13.2 Å².